The number of ether oxygens (including phenoxy) is 2. The number of aryl methyl sites for hydroxylation is 1. The zero-order chi connectivity index (χ0) is 19.6. The summed E-state index contributed by atoms with van der Waals surface area (Å²) >= 11 is 5.80. The molecule has 0 radical (unpaired) electrons. The Morgan fingerprint density at radius 1 is 0.923 bits per heavy atom. The number of rotatable bonds is 6. The number of nitro benzene ring substituents is 3. The van der Waals surface area contributed by atoms with Crippen molar-refractivity contribution < 1.29 is 24.2 Å². The van der Waals surface area contributed by atoms with Crippen molar-refractivity contribution in [3.63, 3.8) is 0 Å². The van der Waals surface area contributed by atoms with E-state index in [-0.39, 0.29) is 5.02 Å². The first-order valence-corrected chi connectivity index (χ1v) is 7.17. The summed E-state index contributed by atoms with van der Waals surface area (Å²) in [7, 11) is 1.08. The van der Waals surface area contributed by atoms with E-state index in [4.69, 9.17) is 21.1 Å². The minimum Gasteiger partial charge on any atom is -0.489 e. The summed E-state index contributed by atoms with van der Waals surface area (Å²) < 4.78 is 10.1. The summed E-state index contributed by atoms with van der Waals surface area (Å²) in [5.74, 6) is -1.70. The number of hydrogen-bond acceptors (Lipinski definition) is 8. The Morgan fingerprint density at radius 3 is 2.04 bits per heavy atom. The Morgan fingerprint density at radius 2 is 1.54 bits per heavy atom. The minimum absolute atomic E-state index is 0.378. The van der Waals surface area contributed by atoms with Crippen molar-refractivity contribution >= 4 is 28.7 Å². The van der Waals surface area contributed by atoms with Crippen LogP contribution >= 0.6 is 11.6 Å². The van der Waals surface area contributed by atoms with Crippen LogP contribution in [0.3, 0.4) is 0 Å². The third-order valence-corrected chi connectivity index (χ3v) is 3.53. The van der Waals surface area contributed by atoms with E-state index in [9.17, 15) is 30.3 Å². The topological polar surface area (TPSA) is 148 Å². The zero-order valence-corrected chi connectivity index (χ0v) is 14.1. The molecule has 0 aromatic heterocycles. The second-order valence-electron chi connectivity index (χ2n) is 4.93. The van der Waals surface area contributed by atoms with E-state index in [0.29, 0.717) is 5.56 Å². The number of nitro groups is 3. The largest absolute Gasteiger partial charge is 0.489 e. The maximum atomic E-state index is 11.4. The van der Waals surface area contributed by atoms with Crippen LogP contribution in [-0.4, -0.2) is 21.9 Å². The third kappa shape index (κ3) is 3.47. The molecular weight excluding hydrogens is 374 g/mol. The quantitative estimate of drug-likeness (QED) is 0.532. The van der Waals surface area contributed by atoms with Gasteiger partial charge in [-0.1, -0.05) is 17.7 Å². The second kappa shape index (κ2) is 7.19. The summed E-state index contributed by atoms with van der Waals surface area (Å²) in [5.41, 5.74) is -1.73. The Balaban J connectivity index is 2.79. The fraction of sp³-hybridized carbons (Fsp3) is 0.143. The number of nitrogens with zero attached hydrogens (tertiary/aromatic N) is 3. The molecule has 136 valence electrons. The highest BCUT2D eigenvalue weighted by Gasteiger charge is 2.36. The van der Waals surface area contributed by atoms with Crippen LogP contribution in [-0.2, 0) is 0 Å². The van der Waals surface area contributed by atoms with Crippen LogP contribution in [0.25, 0.3) is 0 Å². The molecule has 0 atom stereocenters. The predicted octanol–water partition coefficient (Wildman–Crippen LogP) is 4.17. The van der Waals surface area contributed by atoms with Gasteiger partial charge in [0.15, 0.2) is 0 Å². The first-order chi connectivity index (χ1) is 12.2. The molecule has 2 aromatic rings. The summed E-state index contributed by atoms with van der Waals surface area (Å²) in [6.45, 7) is 1.59. The highest BCUT2D eigenvalue weighted by atomic mass is 35.5. The van der Waals surface area contributed by atoms with E-state index in [1.165, 1.54) is 18.2 Å². The fourth-order valence-corrected chi connectivity index (χ4v) is 2.42. The van der Waals surface area contributed by atoms with E-state index in [2.05, 4.69) is 0 Å². The third-order valence-electron chi connectivity index (χ3n) is 3.25. The molecule has 12 heteroatoms. The van der Waals surface area contributed by atoms with Gasteiger partial charge in [0.2, 0.25) is 11.5 Å². The molecule has 0 heterocycles. The number of halogens is 1. The lowest BCUT2D eigenvalue weighted by Gasteiger charge is -2.11. The summed E-state index contributed by atoms with van der Waals surface area (Å²) in [5, 5.41) is 33.5. The van der Waals surface area contributed by atoms with Crippen molar-refractivity contribution in [1.82, 2.24) is 0 Å². The molecule has 0 unspecified atom stereocenters. The molecule has 2 aromatic carbocycles. The summed E-state index contributed by atoms with van der Waals surface area (Å²) in [6.07, 6.45) is 0. The van der Waals surface area contributed by atoms with Gasteiger partial charge in [-0.05, 0) is 18.6 Å². The van der Waals surface area contributed by atoms with Gasteiger partial charge in [-0.25, -0.2) is 0 Å². The van der Waals surface area contributed by atoms with Gasteiger partial charge >= 0.3 is 17.1 Å². The molecule has 0 saturated heterocycles. The van der Waals surface area contributed by atoms with Gasteiger partial charge in [0.25, 0.3) is 5.75 Å². The van der Waals surface area contributed by atoms with Crippen LogP contribution in [0.1, 0.15) is 5.56 Å². The maximum absolute atomic E-state index is 11.4. The van der Waals surface area contributed by atoms with Crippen molar-refractivity contribution in [3.05, 3.63) is 65.2 Å². The predicted molar refractivity (Wildman–Crippen MR) is 89.2 cm³/mol. The Hall–Kier alpha value is -3.47. The lowest BCUT2D eigenvalue weighted by molar-refractivity contribution is -0.396. The first kappa shape index (κ1) is 18.9. The van der Waals surface area contributed by atoms with Crippen molar-refractivity contribution in [3.8, 4) is 17.2 Å². The van der Waals surface area contributed by atoms with Crippen LogP contribution in [0, 0.1) is 37.3 Å². The Kier molecular flexibility index (Phi) is 5.22. The molecule has 0 saturated carbocycles. The molecule has 11 nitrogen and oxygen atoms in total. The monoisotopic (exact) mass is 383 g/mol. The first-order valence-electron chi connectivity index (χ1n) is 6.79. The van der Waals surface area contributed by atoms with Gasteiger partial charge in [-0.15, -0.1) is 0 Å². The lowest BCUT2D eigenvalue weighted by atomic mass is 10.2. The van der Waals surface area contributed by atoms with Gasteiger partial charge in [-0.2, -0.15) is 0 Å². The van der Waals surface area contributed by atoms with Gasteiger partial charge < -0.3 is 9.47 Å². The maximum Gasteiger partial charge on any atom is 0.361 e. The SMILES string of the molecule is COc1c(Cl)cc([N+](=O)[O-])c(Oc2ccc(C)cc2[N+](=O)[O-])c1[N+](=O)[O-]. The summed E-state index contributed by atoms with van der Waals surface area (Å²) in [6, 6.07) is 4.61. The van der Waals surface area contributed by atoms with E-state index < -0.39 is 49.1 Å². The van der Waals surface area contributed by atoms with Crippen molar-refractivity contribution in [2.45, 2.75) is 6.92 Å². The molecule has 0 aliphatic heterocycles. The molecule has 26 heavy (non-hydrogen) atoms. The highest BCUT2D eigenvalue weighted by Crippen LogP contribution is 2.50. The van der Waals surface area contributed by atoms with Crippen LogP contribution in [0.15, 0.2) is 24.3 Å². The lowest BCUT2D eigenvalue weighted by Crippen LogP contribution is -2.03. The minimum atomic E-state index is -0.979. The zero-order valence-electron chi connectivity index (χ0n) is 13.3. The van der Waals surface area contributed by atoms with Crippen molar-refractivity contribution in [1.29, 1.82) is 0 Å². The number of hydrogen-bond donors (Lipinski definition) is 0. The number of benzene rings is 2. The molecule has 0 aliphatic carbocycles. The molecule has 0 aliphatic rings. The van der Waals surface area contributed by atoms with Crippen LogP contribution in [0.4, 0.5) is 17.1 Å². The van der Waals surface area contributed by atoms with Crippen molar-refractivity contribution in [2.24, 2.45) is 0 Å². The molecule has 0 amide bonds. The van der Waals surface area contributed by atoms with E-state index in [1.54, 1.807) is 6.92 Å². The second-order valence-corrected chi connectivity index (χ2v) is 5.34. The van der Waals surface area contributed by atoms with Gasteiger partial charge in [0, 0.05) is 12.1 Å². The molecule has 0 fully saturated rings. The smallest absolute Gasteiger partial charge is 0.361 e. The van der Waals surface area contributed by atoms with E-state index >= 15 is 0 Å². The molecule has 0 bridgehead atoms. The Bertz CT molecular complexity index is 931. The normalized spacial score (nSPS) is 10.3. The summed E-state index contributed by atoms with van der Waals surface area (Å²) in [4.78, 5) is 31.2. The van der Waals surface area contributed by atoms with Crippen molar-refractivity contribution in [2.75, 3.05) is 7.11 Å². The van der Waals surface area contributed by atoms with Gasteiger partial charge in [0.1, 0.15) is 0 Å². The van der Waals surface area contributed by atoms with Crippen LogP contribution in [0.5, 0.6) is 17.2 Å². The highest BCUT2D eigenvalue weighted by molar-refractivity contribution is 6.32. The Labute approximate surface area is 150 Å². The molecule has 0 N–H and O–H groups in total. The van der Waals surface area contributed by atoms with Crippen LogP contribution in [0.2, 0.25) is 5.02 Å². The molecule has 0 spiro atoms. The van der Waals surface area contributed by atoms with Gasteiger partial charge in [0.05, 0.1) is 26.9 Å². The number of methoxy groups -OCH3 is 1. The molecular formula is C14H10ClN3O8. The standard InChI is InChI=1S/C14H10ClN3O8/c1-7-3-4-11(9(5-7)16(19)20)26-14-10(17(21)22)6-8(15)13(25-2)12(14)18(23)24/h3-6H,1-2H3. The van der Waals surface area contributed by atoms with Gasteiger partial charge in [-0.3, -0.25) is 30.3 Å². The molecule has 2 rings (SSSR count). The average Bonchev–Trinajstić information content (AvgIpc) is 2.56. The average molecular weight is 384 g/mol. The van der Waals surface area contributed by atoms with E-state index in [0.717, 1.165) is 13.2 Å². The van der Waals surface area contributed by atoms with E-state index in [1.807, 2.05) is 0 Å². The fourth-order valence-electron chi connectivity index (χ4n) is 2.15. The van der Waals surface area contributed by atoms with Crippen LogP contribution < -0.4 is 9.47 Å².